The molecule has 0 aromatic heterocycles. The molecule has 7 heteroatoms. The van der Waals surface area contributed by atoms with Crippen molar-refractivity contribution in [3.63, 3.8) is 0 Å². The molecule has 0 saturated carbocycles. The average Bonchev–Trinajstić information content (AvgIpc) is 2.93. The van der Waals surface area contributed by atoms with Crippen LogP contribution in [0.25, 0.3) is 0 Å². The predicted molar refractivity (Wildman–Crippen MR) is 117 cm³/mol. The Morgan fingerprint density at radius 1 is 1.13 bits per heavy atom. The Kier molecular flexibility index (Phi) is 7.65. The van der Waals surface area contributed by atoms with Crippen molar-refractivity contribution in [2.24, 2.45) is 0 Å². The van der Waals surface area contributed by atoms with Crippen molar-refractivity contribution < 1.29 is 23.9 Å². The van der Waals surface area contributed by atoms with Crippen LogP contribution in [-0.4, -0.2) is 43.6 Å². The number of esters is 1. The van der Waals surface area contributed by atoms with Gasteiger partial charge >= 0.3 is 5.97 Å². The van der Waals surface area contributed by atoms with Crippen LogP contribution in [0.1, 0.15) is 38.2 Å². The normalized spacial score (nSPS) is 15.2. The summed E-state index contributed by atoms with van der Waals surface area (Å²) in [5.74, 6) is -0.526. The van der Waals surface area contributed by atoms with Crippen molar-refractivity contribution in [2.75, 3.05) is 24.6 Å². The van der Waals surface area contributed by atoms with Gasteiger partial charge in [0.2, 0.25) is 5.91 Å². The van der Waals surface area contributed by atoms with Crippen molar-refractivity contribution in [3.05, 3.63) is 60.2 Å². The Morgan fingerprint density at radius 2 is 1.84 bits per heavy atom. The van der Waals surface area contributed by atoms with Crippen LogP contribution in [0.4, 0.5) is 5.69 Å². The first-order valence-corrected chi connectivity index (χ1v) is 10.5. The lowest BCUT2D eigenvalue weighted by Gasteiger charge is -2.22. The molecule has 1 N–H and O–H groups in total. The molecule has 7 nitrogen and oxygen atoms in total. The third kappa shape index (κ3) is 5.84. The van der Waals surface area contributed by atoms with Gasteiger partial charge in [-0.15, -0.1) is 0 Å². The number of fused-ring (bicyclic) bond motifs is 1. The number of ether oxygens (including phenoxy) is 2. The van der Waals surface area contributed by atoms with E-state index in [9.17, 15) is 14.4 Å². The van der Waals surface area contributed by atoms with Crippen molar-refractivity contribution in [3.8, 4) is 5.75 Å². The Bertz CT molecular complexity index is 915. The van der Waals surface area contributed by atoms with E-state index in [2.05, 4.69) is 12.2 Å². The van der Waals surface area contributed by atoms with E-state index < -0.39 is 12.1 Å². The van der Waals surface area contributed by atoms with Gasteiger partial charge in [-0.1, -0.05) is 49.4 Å². The minimum atomic E-state index is -0.964. The van der Waals surface area contributed by atoms with Gasteiger partial charge in [-0.2, -0.15) is 0 Å². The first-order valence-electron chi connectivity index (χ1n) is 10.5. The summed E-state index contributed by atoms with van der Waals surface area (Å²) in [6.45, 7) is 4.01. The van der Waals surface area contributed by atoms with Gasteiger partial charge in [-0.3, -0.25) is 19.3 Å². The topological polar surface area (TPSA) is 84.9 Å². The molecule has 0 fully saturated rings. The highest BCUT2D eigenvalue weighted by molar-refractivity contribution is 5.99. The van der Waals surface area contributed by atoms with E-state index >= 15 is 0 Å². The van der Waals surface area contributed by atoms with E-state index in [4.69, 9.17) is 9.47 Å². The molecule has 0 spiro atoms. The van der Waals surface area contributed by atoms with Crippen LogP contribution in [0.2, 0.25) is 0 Å². The summed E-state index contributed by atoms with van der Waals surface area (Å²) in [6.07, 6.45) is 0.0711. The minimum absolute atomic E-state index is 0.163. The van der Waals surface area contributed by atoms with Gasteiger partial charge in [-0.05, 0) is 31.0 Å². The number of hydrogen-bond acceptors (Lipinski definition) is 5. The number of para-hydroxylation sites is 2. The van der Waals surface area contributed by atoms with E-state index in [0.717, 1.165) is 12.0 Å². The number of carbonyl (C=O) groups excluding carboxylic acids is 3. The summed E-state index contributed by atoms with van der Waals surface area (Å²) in [6, 6.07) is 17.0. The van der Waals surface area contributed by atoms with Crippen molar-refractivity contribution in [1.82, 2.24) is 5.32 Å². The summed E-state index contributed by atoms with van der Waals surface area (Å²) in [4.78, 5) is 38.7. The number of anilines is 1. The number of hydrogen-bond donors (Lipinski definition) is 1. The first kappa shape index (κ1) is 22.3. The minimum Gasteiger partial charge on any atom is -0.491 e. The molecule has 0 saturated heterocycles. The maximum Gasteiger partial charge on any atom is 0.326 e. The van der Waals surface area contributed by atoms with Crippen LogP contribution in [0.3, 0.4) is 0 Å². The second-order valence-electron chi connectivity index (χ2n) is 7.44. The fourth-order valence-corrected chi connectivity index (χ4v) is 3.50. The lowest BCUT2D eigenvalue weighted by atomic mass is 9.96. The molecular formula is C24H28N2O5. The monoisotopic (exact) mass is 424 g/mol. The van der Waals surface area contributed by atoms with Crippen LogP contribution in [0.15, 0.2) is 54.6 Å². The zero-order valence-electron chi connectivity index (χ0n) is 17.9. The van der Waals surface area contributed by atoms with E-state index in [0.29, 0.717) is 18.0 Å². The Balaban J connectivity index is 1.55. The number of carbonyl (C=O) groups is 3. The van der Waals surface area contributed by atoms with Gasteiger partial charge in [0.25, 0.3) is 5.91 Å². The number of nitrogens with zero attached hydrogens (tertiary/aromatic N) is 1. The highest BCUT2D eigenvalue weighted by Gasteiger charge is 2.27. The molecule has 2 amide bonds. The van der Waals surface area contributed by atoms with Crippen LogP contribution in [0.5, 0.6) is 5.75 Å². The second kappa shape index (κ2) is 10.6. The average molecular weight is 424 g/mol. The first-order chi connectivity index (χ1) is 15.0. The van der Waals surface area contributed by atoms with Crippen molar-refractivity contribution >= 4 is 23.5 Å². The van der Waals surface area contributed by atoms with Gasteiger partial charge in [0.1, 0.15) is 12.3 Å². The van der Waals surface area contributed by atoms with E-state index in [1.807, 2.05) is 30.3 Å². The number of rotatable bonds is 8. The molecule has 2 aromatic carbocycles. The molecule has 164 valence electrons. The lowest BCUT2D eigenvalue weighted by Crippen LogP contribution is -2.41. The van der Waals surface area contributed by atoms with Gasteiger partial charge in [0, 0.05) is 12.5 Å². The fourth-order valence-electron chi connectivity index (χ4n) is 3.50. The molecule has 1 aliphatic heterocycles. The van der Waals surface area contributed by atoms with Crippen molar-refractivity contribution in [2.45, 2.75) is 38.7 Å². The van der Waals surface area contributed by atoms with Crippen LogP contribution in [0, 0.1) is 0 Å². The summed E-state index contributed by atoms with van der Waals surface area (Å²) in [5.41, 5.74) is 1.67. The highest BCUT2D eigenvalue weighted by Crippen LogP contribution is 2.30. The standard InChI is InChI=1S/C24H28N2O5/c1-3-18(19-9-5-4-6-10-19)15-25-24(29)17(2)31-23(28)16-26-20-11-7-8-12-21(20)30-14-13-22(26)27/h4-12,17-18H,3,13-16H2,1-2H3,(H,25,29)/t17-,18+/m0/s1. The zero-order chi connectivity index (χ0) is 22.2. The summed E-state index contributed by atoms with van der Waals surface area (Å²) in [5, 5.41) is 2.86. The lowest BCUT2D eigenvalue weighted by molar-refractivity contribution is -0.153. The summed E-state index contributed by atoms with van der Waals surface area (Å²) < 4.78 is 10.9. The summed E-state index contributed by atoms with van der Waals surface area (Å²) >= 11 is 0. The Labute approximate surface area is 182 Å². The maximum absolute atomic E-state index is 12.5. The van der Waals surface area contributed by atoms with Crippen LogP contribution < -0.4 is 15.0 Å². The predicted octanol–water partition coefficient (Wildman–Crippen LogP) is 3.04. The smallest absolute Gasteiger partial charge is 0.326 e. The molecule has 0 unspecified atom stereocenters. The summed E-state index contributed by atoms with van der Waals surface area (Å²) in [7, 11) is 0. The molecule has 0 radical (unpaired) electrons. The van der Waals surface area contributed by atoms with E-state index in [1.165, 1.54) is 11.8 Å². The van der Waals surface area contributed by atoms with Crippen molar-refractivity contribution in [1.29, 1.82) is 0 Å². The Morgan fingerprint density at radius 3 is 2.58 bits per heavy atom. The second-order valence-corrected chi connectivity index (χ2v) is 7.44. The molecule has 31 heavy (non-hydrogen) atoms. The quantitative estimate of drug-likeness (QED) is 0.659. The molecule has 2 aromatic rings. The largest absolute Gasteiger partial charge is 0.491 e. The zero-order valence-corrected chi connectivity index (χ0v) is 17.9. The van der Waals surface area contributed by atoms with Crippen LogP contribution >= 0.6 is 0 Å². The third-order valence-electron chi connectivity index (χ3n) is 5.28. The van der Waals surface area contributed by atoms with Crippen LogP contribution in [-0.2, 0) is 19.1 Å². The SMILES string of the molecule is CC[C@H](CNC(=O)[C@H](C)OC(=O)CN1C(=O)CCOc2ccccc21)c1ccccc1. The van der Waals surface area contributed by atoms with Gasteiger partial charge in [0.05, 0.1) is 18.7 Å². The maximum atomic E-state index is 12.5. The molecule has 0 aliphatic carbocycles. The van der Waals surface area contributed by atoms with Gasteiger partial charge in [0.15, 0.2) is 6.10 Å². The third-order valence-corrected chi connectivity index (χ3v) is 5.28. The molecular weight excluding hydrogens is 396 g/mol. The fraction of sp³-hybridized carbons (Fsp3) is 0.375. The number of amides is 2. The van der Waals surface area contributed by atoms with Gasteiger partial charge < -0.3 is 14.8 Å². The molecule has 3 rings (SSSR count). The molecule has 2 atom stereocenters. The Hall–Kier alpha value is -3.35. The van der Waals surface area contributed by atoms with E-state index in [1.54, 1.807) is 24.3 Å². The molecule has 1 aliphatic rings. The number of nitrogens with one attached hydrogen (secondary N) is 1. The number of benzene rings is 2. The molecule has 1 heterocycles. The highest BCUT2D eigenvalue weighted by atomic mass is 16.5. The van der Waals surface area contributed by atoms with E-state index in [-0.39, 0.29) is 37.3 Å². The van der Waals surface area contributed by atoms with Gasteiger partial charge in [-0.25, -0.2) is 0 Å². The molecule has 0 bridgehead atoms.